The third-order valence-electron chi connectivity index (χ3n) is 2.98. The SMILES string of the molecule is CCNC(=O)CCNc1cc(C(=O)O)nc2ccccc12. The lowest BCUT2D eigenvalue weighted by molar-refractivity contribution is -0.120. The van der Waals surface area contributed by atoms with Gasteiger partial charge in [0.2, 0.25) is 5.91 Å². The fourth-order valence-electron chi connectivity index (χ4n) is 2.03. The Labute approximate surface area is 122 Å². The fourth-order valence-corrected chi connectivity index (χ4v) is 2.03. The number of carbonyl (C=O) groups excluding carboxylic acids is 1. The highest BCUT2D eigenvalue weighted by Crippen LogP contribution is 2.23. The van der Waals surface area contributed by atoms with Crippen LogP contribution in [0.5, 0.6) is 0 Å². The molecule has 6 heteroatoms. The quantitative estimate of drug-likeness (QED) is 0.754. The minimum atomic E-state index is -1.08. The largest absolute Gasteiger partial charge is 0.477 e. The summed E-state index contributed by atoms with van der Waals surface area (Å²) in [6.45, 7) is 2.89. The second-order valence-corrected chi connectivity index (χ2v) is 4.51. The number of rotatable bonds is 6. The Hall–Kier alpha value is -2.63. The van der Waals surface area contributed by atoms with E-state index in [9.17, 15) is 9.59 Å². The Morgan fingerprint density at radius 2 is 2.05 bits per heavy atom. The molecule has 0 bridgehead atoms. The second-order valence-electron chi connectivity index (χ2n) is 4.51. The number of fused-ring (bicyclic) bond motifs is 1. The molecular formula is C15H17N3O3. The van der Waals surface area contributed by atoms with Gasteiger partial charge in [0, 0.05) is 30.6 Å². The van der Waals surface area contributed by atoms with E-state index in [1.54, 1.807) is 12.1 Å². The van der Waals surface area contributed by atoms with Crippen LogP contribution in [-0.2, 0) is 4.79 Å². The van der Waals surface area contributed by atoms with Crippen LogP contribution in [0.25, 0.3) is 10.9 Å². The van der Waals surface area contributed by atoms with Gasteiger partial charge in [-0.2, -0.15) is 0 Å². The van der Waals surface area contributed by atoms with Crippen molar-refractivity contribution in [2.24, 2.45) is 0 Å². The number of pyridine rings is 1. The maximum atomic E-state index is 11.4. The zero-order valence-electron chi connectivity index (χ0n) is 11.7. The molecule has 0 spiro atoms. The molecule has 21 heavy (non-hydrogen) atoms. The van der Waals surface area contributed by atoms with Gasteiger partial charge in [-0.05, 0) is 19.1 Å². The smallest absolute Gasteiger partial charge is 0.354 e. The maximum absolute atomic E-state index is 11.4. The molecule has 110 valence electrons. The summed E-state index contributed by atoms with van der Waals surface area (Å²) in [5, 5.41) is 15.8. The van der Waals surface area contributed by atoms with Crippen molar-refractivity contribution in [2.75, 3.05) is 18.4 Å². The van der Waals surface area contributed by atoms with E-state index in [4.69, 9.17) is 5.11 Å². The minimum Gasteiger partial charge on any atom is -0.477 e. The van der Waals surface area contributed by atoms with Crippen LogP contribution >= 0.6 is 0 Å². The highest BCUT2D eigenvalue weighted by atomic mass is 16.4. The third kappa shape index (κ3) is 3.68. The van der Waals surface area contributed by atoms with Crippen LogP contribution in [0.15, 0.2) is 30.3 Å². The average Bonchev–Trinajstić information content (AvgIpc) is 2.47. The van der Waals surface area contributed by atoms with Crippen molar-refractivity contribution in [3.63, 3.8) is 0 Å². The molecule has 0 radical (unpaired) electrons. The number of anilines is 1. The zero-order valence-corrected chi connectivity index (χ0v) is 11.7. The molecule has 0 aliphatic rings. The standard InChI is InChI=1S/C15H17N3O3/c1-2-16-14(19)7-8-17-12-9-13(15(20)21)18-11-6-4-3-5-10(11)12/h3-6,9H,2,7-8H2,1H3,(H,16,19)(H,17,18)(H,20,21). The predicted molar refractivity (Wildman–Crippen MR) is 80.5 cm³/mol. The number of hydrogen-bond acceptors (Lipinski definition) is 4. The monoisotopic (exact) mass is 287 g/mol. The summed E-state index contributed by atoms with van der Waals surface area (Å²) >= 11 is 0. The number of carboxylic acid groups (broad SMARTS) is 1. The molecule has 0 unspecified atom stereocenters. The van der Waals surface area contributed by atoms with E-state index in [1.165, 1.54) is 6.07 Å². The first-order valence-electron chi connectivity index (χ1n) is 6.75. The average molecular weight is 287 g/mol. The van der Waals surface area contributed by atoms with Crippen molar-refractivity contribution in [1.82, 2.24) is 10.3 Å². The van der Waals surface area contributed by atoms with Gasteiger partial charge in [0.1, 0.15) is 0 Å². The number of para-hydroxylation sites is 1. The second kappa shape index (κ2) is 6.69. The number of carbonyl (C=O) groups is 2. The van der Waals surface area contributed by atoms with Gasteiger partial charge in [-0.3, -0.25) is 4.79 Å². The Morgan fingerprint density at radius 3 is 2.76 bits per heavy atom. The van der Waals surface area contributed by atoms with Gasteiger partial charge in [-0.25, -0.2) is 9.78 Å². The first-order valence-corrected chi connectivity index (χ1v) is 6.75. The van der Waals surface area contributed by atoms with Gasteiger partial charge >= 0.3 is 5.97 Å². The maximum Gasteiger partial charge on any atom is 0.354 e. The molecule has 0 saturated carbocycles. The lowest BCUT2D eigenvalue weighted by Gasteiger charge is -2.10. The zero-order chi connectivity index (χ0) is 15.2. The summed E-state index contributed by atoms with van der Waals surface area (Å²) in [5.41, 5.74) is 1.26. The van der Waals surface area contributed by atoms with E-state index < -0.39 is 5.97 Å². The topological polar surface area (TPSA) is 91.3 Å². The number of benzene rings is 1. The molecule has 2 rings (SSSR count). The molecule has 0 aliphatic carbocycles. The number of nitrogens with one attached hydrogen (secondary N) is 2. The fraction of sp³-hybridized carbons (Fsp3) is 0.267. The Balaban J connectivity index is 2.21. The van der Waals surface area contributed by atoms with Crippen molar-refractivity contribution < 1.29 is 14.7 Å². The molecule has 6 nitrogen and oxygen atoms in total. The van der Waals surface area contributed by atoms with Crippen molar-refractivity contribution in [3.05, 3.63) is 36.0 Å². The van der Waals surface area contributed by atoms with Crippen LogP contribution in [0.2, 0.25) is 0 Å². The third-order valence-corrected chi connectivity index (χ3v) is 2.98. The van der Waals surface area contributed by atoms with Crippen molar-refractivity contribution >= 4 is 28.5 Å². The summed E-state index contributed by atoms with van der Waals surface area (Å²) in [5.74, 6) is -1.12. The Bertz CT molecular complexity index is 670. The Morgan fingerprint density at radius 1 is 1.29 bits per heavy atom. The van der Waals surface area contributed by atoms with Gasteiger partial charge in [-0.1, -0.05) is 18.2 Å². The van der Waals surface area contributed by atoms with E-state index in [0.29, 0.717) is 30.7 Å². The lowest BCUT2D eigenvalue weighted by atomic mass is 10.1. The van der Waals surface area contributed by atoms with E-state index in [1.807, 2.05) is 19.1 Å². The van der Waals surface area contributed by atoms with Crippen molar-refractivity contribution in [2.45, 2.75) is 13.3 Å². The van der Waals surface area contributed by atoms with E-state index in [2.05, 4.69) is 15.6 Å². The van der Waals surface area contributed by atoms with E-state index in [0.717, 1.165) is 5.39 Å². The highest BCUT2D eigenvalue weighted by molar-refractivity contribution is 5.97. The van der Waals surface area contributed by atoms with Crippen LogP contribution in [0, 0.1) is 0 Å². The van der Waals surface area contributed by atoms with Gasteiger partial charge in [0.15, 0.2) is 5.69 Å². The van der Waals surface area contributed by atoms with Gasteiger partial charge < -0.3 is 15.7 Å². The summed E-state index contributed by atoms with van der Waals surface area (Å²) in [7, 11) is 0. The van der Waals surface area contributed by atoms with Gasteiger partial charge in [-0.15, -0.1) is 0 Å². The number of amides is 1. The number of nitrogens with zero attached hydrogens (tertiary/aromatic N) is 1. The van der Waals surface area contributed by atoms with Gasteiger partial charge in [0.25, 0.3) is 0 Å². The molecular weight excluding hydrogens is 270 g/mol. The number of aromatic carboxylic acids is 1. The highest BCUT2D eigenvalue weighted by Gasteiger charge is 2.10. The minimum absolute atomic E-state index is 0.0193. The number of hydrogen-bond donors (Lipinski definition) is 3. The van der Waals surface area contributed by atoms with Crippen LogP contribution in [0.4, 0.5) is 5.69 Å². The summed E-state index contributed by atoms with van der Waals surface area (Å²) < 4.78 is 0. The summed E-state index contributed by atoms with van der Waals surface area (Å²) in [6.07, 6.45) is 0.326. The summed E-state index contributed by atoms with van der Waals surface area (Å²) in [6, 6.07) is 8.78. The van der Waals surface area contributed by atoms with Crippen molar-refractivity contribution in [3.8, 4) is 0 Å². The van der Waals surface area contributed by atoms with Crippen LogP contribution < -0.4 is 10.6 Å². The molecule has 1 heterocycles. The molecule has 0 saturated heterocycles. The van der Waals surface area contributed by atoms with Crippen LogP contribution in [0.3, 0.4) is 0 Å². The van der Waals surface area contributed by atoms with E-state index >= 15 is 0 Å². The molecule has 1 aromatic heterocycles. The molecule has 3 N–H and O–H groups in total. The number of carboxylic acids is 1. The molecule has 0 fully saturated rings. The van der Waals surface area contributed by atoms with Crippen LogP contribution in [0.1, 0.15) is 23.8 Å². The summed E-state index contributed by atoms with van der Waals surface area (Å²) in [4.78, 5) is 26.6. The first-order chi connectivity index (χ1) is 10.1. The van der Waals surface area contributed by atoms with Crippen molar-refractivity contribution in [1.29, 1.82) is 0 Å². The molecule has 1 aromatic carbocycles. The first kappa shape index (κ1) is 14.8. The normalized spacial score (nSPS) is 10.3. The molecule has 0 atom stereocenters. The molecule has 2 aromatic rings. The predicted octanol–water partition coefficient (Wildman–Crippen LogP) is 1.87. The Kier molecular flexibility index (Phi) is 4.71. The van der Waals surface area contributed by atoms with Crippen LogP contribution in [-0.4, -0.2) is 35.1 Å². The lowest BCUT2D eigenvalue weighted by Crippen LogP contribution is -2.24. The molecule has 1 amide bonds. The number of aromatic nitrogens is 1. The van der Waals surface area contributed by atoms with E-state index in [-0.39, 0.29) is 11.6 Å². The molecule has 0 aliphatic heterocycles. The van der Waals surface area contributed by atoms with Gasteiger partial charge in [0.05, 0.1) is 5.52 Å².